The summed E-state index contributed by atoms with van der Waals surface area (Å²) < 4.78 is 27.0. The van der Waals surface area contributed by atoms with Gasteiger partial charge in [-0.1, -0.05) is 48.5 Å². The van der Waals surface area contributed by atoms with Gasteiger partial charge in [-0.15, -0.1) is 0 Å². The molecule has 0 spiro atoms. The Bertz CT molecular complexity index is 970. The zero-order valence-electron chi connectivity index (χ0n) is 16.7. The third kappa shape index (κ3) is 4.22. The fourth-order valence-electron chi connectivity index (χ4n) is 4.19. The van der Waals surface area contributed by atoms with Crippen molar-refractivity contribution in [2.24, 2.45) is 0 Å². The SMILES string of the molecule is C[C@@H](C(=O)N1CCc2ccccc21)N1CCN(S(=O)(=O)Cc2ccccc2)CC1. The molecule has 1 saturated heterocycles. The molecule has 0 bridgehead atoms. The van der Waals surface area contributed by atoms with Gasteiger partial charge in [0, 0.05) is 38.4 Å². The molecule has 6 nitrogen and oxygen atoms in total. The van der Waals surface area contributed by atoms with Crippen molar-refractivity contribution in [3.05, 3.63) is 65.7 Å². The molecule has 1 fully saturated rings. The van der Waals surface area contributed by atoms with Gasteiger partial charge < -0.3 is 4.90 Å². The number of hydrogen-bond acceptors (Lipinski definition) is 4. The van der Waals surface area contributed by atoms with Crippen molar-refractivity contribution in [1.29, 1.82) is 0 Å². The number of nitrogens with zero attached hydrogens (tertiary/aromatic N) is 3. The lowest BCUT2D eigenvalue weighted by Gasteiger charge is -2.38. The summed E-state index contributed by atoms with van der Waals surface area (Å²) in [6.45, 7) is 4.62. The molecule has 2 aliphatic heterocycles. The van der Waals surface area contributed by atoms with E-state index in [9.17, 15) is 13.2 Å². The van der Waals surface area contributed by atoms with Crippen LogP contribution < -0.4 is 4.90 Å². The van der Waals surface area contributed by atoms with Gasteiger partial charge in [-0.2, -0.15) is 4.31 Å². The van der Waals surface area contributed by atoms with Crippen LogP contribution >= 0.6 is 0 Å². The highest BCUT2D eigenvalue weighted by atomic mass is 32.2. The lowest BCUT2D eigenvalue weighted by Crippen LogP contribution is -2.55. The lowest BCUT2D eigenvalue weighted by molar-refractivity contribution is -0.123. The molecule has 0 unspecified atom stereocenters. The Morgan fingerprint density at radius 3 is 2.31 bits per heavy atom. The highest BCUT2D eigenvalue weighted by Gasteiger charge is 2.34. The van der Waals surface area contributed by atoms with E-state index in [1.54, 1.807) is 4.31 Å². The number of amides is 1. The maximum atomic E-state index is 13.1. The molecule has 2 aromatic carbocycles. The number of rotatable bonds is 5. The summed E-state index contributed by atoms with van der Waals surface area (Å²) >= 11 is 0. The van der Waals surface area contributed by atoms with Crippen LogP contribution in [0, 0.1) is 0 Å². The summed E-state index contributed by atoms with van der Waals surface area (Å²) in [5.74, 6) is 0.114. The summed E-state index contributed by atoms with van der Waals surface area (Å²) in [6.07, 6.45) is 0.889. The van der Waals surface area contributed by atoms with Gasteiger partial charge in [-0.25, -0.2) is 8.42 Å². The van der Waals surface area contributed by atoms with E-state index in [4.69, 9.17) is 0 Å². The van der Waals surface area contributed by atoms with Crippen LogP contribution in [0.4, 0.5) is 5.69 Å². The highest BCUT2D eigenvalue weighted by molar-refractivity contribution is 7.88. The molecule has 2 aliphatic rings. The molecule has 1 atom stereocenters. The van der Waals surface area contributed by atoms with E-state index < -0.39 is 10.0 Å². The number of piperazine rings is 1. The monoisotopic (exact) mass is 413 g/mol. The van der Waals surface area contributed by atoms with Gasteiger partial charge in [0.05, 0.1) is 11.8 Å². The Hall–Kier alpha value is -2.22. The molecule has 154 valence electrons. The quantitative estimate of drug-likeness (QED) is 0.753. The Balaban J connectivity index is 1.36. The molecule has 0 aromatic heterocycles. The Morgan fingerprint density at radius 2 is 1.59 bits per heavy atom. The molecule has 2 aromatic rings. The zero-order chi connectivity index (χ0) is 20.4. The van der Waals surface area contributed by atoms with E-state index in [1.807, 2.05) is 60.4 Å². The number of fused-ring (bicyclic) bond motifs is 1. The second-order valence-corrected chi connectivity index (χ2v) is 9.69. The van der Waals surface area contributed by atoms with Gasteiger partial charge in [-0.3, -0.25) is 9.69 Å². The van der Waals surface area contributed by atoms with E-state index in [0.717, 1.165) is 17.7 Å². The second kappa shape index (κ2) is 8.26. The Morgan fingerprint density at radius 1 is 0.931 bits per heavy atom. The molecule has 1 amide bonds. The van der Waals surface area contributed by atoms with Crippen LogP contribution in [0.5, 0.6) is 0 Å². The summed E-state index contributed by atoms with van der Waals surface area (Å²) in [6, 6.07) is 17.0. The van der Waals surface area contributed by atoms with Crippen molar-refractivity contribution in [2.75, 3.05) is 37.6 Å². The molecule has 0 saturated carbocycles. The van der Waals surface area contributed by atoms with Crippen molar-refractivity contribution in [2.45, 2.75) is 25.1 Å². The van der Waals surface area contributed by atoms with Crippen molar-refractivity contribution < 1.29 is 13.2 Å². The van der Waals surface area contributed by atoms with Gasteiger partial charge in [0.2, 0.25) is 15.9 Å². The number of hydrogen-bond donors (Lipinski definition) is 0. The third-order valence-electron chi connectivity index (χ3n) is 5.92. The fourth-order valence-corrected chi connectivity index (χ4v) is 5.71. The van der Waals surface area contributed by atoms with Crippen LogP contribution in [-0.2, 0) is 27.0 Å². The zero-order valence-corrected chi connectivity index (χ0v) is 17.5. The van der Waals surface area contributed by atoms with Crippen molar-refractivity contribution >= 4 is 21.6 Å². The van der Waals surface area contributed by atoms with E-state index in [1.165, 1.54) is 5.56 Å². The molecule has 2 heterocycles. The first-order chi connectivity index (χ1) is 14.0. The van der Waals surface area contributed by atoms with Crippen molar-refractivity contribution in [1.82, 2.24) is 9.21 Å². The minimum absolute atomic E-state index is 0.0207. The largest absolute Gasteiger partial charge is 0.310 e. The first-order valence-electron chi connectivity index (χ1n) is 10.1. The van der Waals surface area contributed by atoms with Gasteiger partial charge in [-0.05, 0) is 30.5 Å². The number of anilines is 1. The summed E-state index contributed by atoms with van der Waals surface area (Å²) in [7, 11) is -3.35. The van der Waals surface area contributed by atoms with Crippen LogP contribution in [0.3, 0.4) is 0 Å². The Kier molecular flexibility index (Phi) is 5.72. The van der Waals surface area contributed by atoms with Gasteiger partial charge >= 0.3 is 0 Å². The molecule has 7 heteroatoms. The topological polar surface area (TPSA) is 60.9 Å². The average molecular weight is 414 g/mol. The predicted molar refractivity (Wildman–Crippen MR) is 114 cm³/mol. The van der Waals surface area contributed by atoms with Crippen LogP contribution in [-0.4, -0.2) is 62.3 Å². The van der Waals surface area contributed by atoms with E-state index in [2.05, 4.69) is 11.0 Å². The number of para-hydroxylation sites is 1. The molecule has 4 rings (SSSR count). The highest BCUT2D eigenvalue weighted by Crippen LogP contribution is 2.28. The smallest absolute Gasteiger partial charge is 0.244 e. The molecule has 0 radical (unpaired) electrons. The van der Waals surface area contributed by atoms with E-state index in [-0.39, 0.29) is 17.7 Å². The maximum Gasteiger partial charge on any atom is 0.244 e. The minimum Gasteiger partial charge on any atom is -0.310 e. The first kappa shape index (κ1) is 20.1. The van der Waals surface area contributed by atoms with Gasteiger partial charge in [0.1, 0.15) is 0 Å². The lowest BCUT2D eigenvalue weighted by atomic mass is 10.1. The van der Waals surface area contributed by atoms with Gasteiger partial charge in [0.25, 0.3) is 0 Å². The fraction of sp³-hybridized carbons (Fsp3) is 0.409. The van der Waals surface area contributed by atoms with E-state index >= 15 is 0 Å². The van der Waals surface area contributed by atoms with E-state index in [0.29, 0.717) is 32.7 Å². The van der Waals surface area contributed by atoms with Crippen molar-refractivity contribution in [3.8, 4) is 0 Å². The van der Waals surface area contributed by atoms with Crippen molar-refractivity contribution in [3.63, 3.8) is 0 Å². The molecule has 29 heavy (non-hydrogen) atoms. The summed E-state index contributed by atoms with van der Waals surface area (Å²) in [4.78, 5) is 17.0. The Labute approximate surface area is 172 Å². The number of carbonyl (C=O) groups is 1. The summed E-state index contributed by atoms with van der Waals surface area (Å²) in [5, 5.41) is 0. The third-order valence-corrected chi connectivity index (χ3v) is 7.77. The minimum atomic E-state index is -3.35. The standard InChI is InChI=1S/C22H27N3O3S/c1-18(22(26)25-12-11-20-9-5-6-10-21(20)25)23-13-15-24(16-14-23)29(27,28)17-19-7-3-2-4-8-19/h2-10,18H,11-17H2,1H3/t18-/m0/s1. The average Bonchev–Trinajstić information content (AvgIpc) is 3.17. The van der Waals surface area contributed by atoms with Crippen LogP contribution in [0.2, 0.25) is 0 Å². The summed E-state index contributed by atoms with van der Waals surface area (Å²) in [5.41, 5.74) is 3.02. The van der Waals surface area contributed by atoms with Crippen LogP contribution in [0.1, 0.15) is 18.1 Å². The number of benzene rings is 2. The first-order valence-corrected chi connectivity index (χ1v) is 11.7. The number of carbonyl (C=O) groups excluding carboxylic acids is 1. The van der Waals surface area contributed by atoms with Crippen LogP contribution in [0.15, 0.2) is 54.6 Å². The molecular weight excluding hydrogens is 386 g/mol. The molecule has 0 aliphatic carbocycles. The molecule has 0 N–H and O–H groups in total. The normalized spacial score (nSPS) is 19.1. The number of sulfonamides is 1. The van der Waals surface area contributed by atoms with Crippen LogP contribution in [0.25, 0.3) is 0 Å². The maximum absolute atomic E-state index is 13.1. The second-order valence-electron chi connectivity index (χ2n) is 7.72. The molecular formula is C22H27N3O3S. The van der Waals surface area contributed by atoms with Gasteiger partial charge in [0.15, 0.2) is 0 Å². The predicted octanol–water partition coefficient (Wildman–Crippen LogP) is 2.11.